The van der Waals surface area contributed by atoms with E-state index >= 15 is 0 Å². The van der Waals surface area contributed by atoms with Crippen molar-refractivity contribution in [2.24, 2.45) is 0 Å². The van der Waals surface area contributed by atoms with Crippen LogP contribution < -0.4 is 4.74 Å². The molecule has 1 aromatic heterocycles. The minimum Gasteiger partial charge on any atom is -0.489 e. The number of aromatic amines is 1. The van der Waals surface area contributed by atoms with Crippen molar-refractivity contribution in [2.75, 3.05) is 13.7 Å². The van der Waals surface area contributed by atoms with Crippen molar-refractivity contribution in [3.8, 4) is 5.75 Å². The first-order valence-corrected chi connectivity index (χ1v) is 6.55. The van der Waals surface area contributed by atoms with Gasteiger partial charge < -0.3 is 14.5 Å². The van der Waals surface area contributed by atoms with Crippen molar-refractivity contribution < 1.29 is 19.1 Å². The first-order valence-electron chi connectivity index (χ1n) is 6.55. The van der Waals surface area contributed by atoms with Crippen molar-refractivity contribution in [1.82, 2.24) is 4.98 Å². The Labute approximate surface area is 122 Å². The van der Waals surface area contributed by atoms with Crippen LogP contribution in [0.2, 0.25) is 0 Å². The Kier molecular flexibility index (Phi) is 4.42. The van der Waals surface area contributed by atoms with Gasteiger partial charge in [-0.2, -0.15) is 0 Å². The summed E-state index contributed by atoms with van der Waals surface area (Å²) in [6, 6.07) is 5.32. The van der Waals surface area contributed by atoms with Gasteiger partial charge in [-0.3, -0.25) is 4.79 Å². The number of fused-ring (bicyclic) bond motifs is 1. The number of carbonyl (C=O) groups is 2. The van der Waals surface area contributed by atoms with Crippen LogP contribution in [-0.2, 0) is 9.53 Å². The topological polar surface area (TPSA) is 68.4 Å². The highest BCUT2D eigenvalue weighted by molar-refractivity contribution is 6.42. The number of rotatable bonds is 5. The van der Waals surface area contributed by atoms with E-state index in [1.165, 1.54) is 13.3 Å². The third kappa shape index (κ3) is 3.13. The van der Waals surface area contributed by atoms with Gasteiger partial charge >= 0.3 is 5.97 Å². The number of hydrogen-bond donors (Lipinski definition) is 1. The summed E-state index contributed by atoms with van der Waals surface area (Å²) < 4.78 is 10.1. The Morgan fingerprint density at radius 1 is 1.33 bits per heavy atom. The number of carbonyl (C=O) groups excluding carboxylic acids is 2. The molecule has 5 nitrogen and oxygen atoms in total. The Hall–Kier alpha value is -2.56. The predicted molar refractivity (Wildman–Crippen MR) is 79.6 cm³/mol. The molecule has 110 valence electrons. The molecule has 5 heteroatoms. The minimum atomic E-state index is -0.875. The highest BCUT2D eigenvalue weighted by Crippen LogP contribution is 2.24. The van der Waals surface area contributed by atoms with Crippen LogP contribution in [0, 0.1) is 0 Å². The summed E-state index contributed by atoms with van der Waals surface area (Å²) in [6.45, 7) is 4.45. The van der Waals surface area contributed by atoms with Gasteiger partial charge in [0.05, 0.1) is 12.7 Å². The predicted octanol–water partition coefficient (Wildman–Crippen LogP) is 2.87. The van der Waals surface area contributed by atoms with E-state index in [4.69, 9.17) is 4.74 Å². The van der Waals surface area contributed by atoms with Gasteiger partial charge in [-0.15, -0.1) is 0 Å². The van der Waals surface area contributed by atoms with Crippen LogP contribution in [0.5, 0.6) is 5.75 Å². The van der Waals surface area contributed by atoms with Crippen molar-refractivity contribution in [3.63, 3.8) is 0 Å². The van der Waals surface area contributed by atoms with Crippen LogP contribution in [-0.4, -0.2) is 30.5 Å². The largest absolute Gasteiger partial charge is 0.489 e. The second-order valence-electron chi connectivity index (χ2n) is 4.65. The van der Waals surface area contributed by atoms with Gasteiger partial charge in [0.2, 0.25) is 0 Å². The number of benzene rings is 1. The third-order valence-corrected chi connectivity index (χ3v) is 3.23. The minimum absolute atomic E-state index is 0.299. The number of aromatic nitrogens is 1. The molecule has 0 aliphatic carbocycles. The van der Waals surface area contributed by atoms with Crippen LogP contribution in [0.15, 0.2) is 36.0 Å². The third-order valence-electron chi connectivity index (χ3n) is 3.23. The lowest BCUT2D eigenvalue weighted by atomic mass is 10.1. The summed E-state index contributed by atoms with van der Waals surface area (Å²) in [6.07, 6.45) is 3.49. The van der Waals surface area contributed by atoms with Gasteiger partial charge in [0.15, 0.2) is 0 Å². The van der Waals surface area contributed by atoms with Crippen LogP contribution in [0.3, 0.4) is 0 Å². The Balaban J connectivity index is 2.27. The molecule has 0 fully saturated rings. The van der Waals surface area contributed by atoms with Gasteiger partial charge in [-0.05, 0) is 31.6 Å². The summed E-state index contributed by atoms with van der Waals surface area (Å²) in [4.78, 5) is 26.1. The molecule has 0 unspecified atom stereocenters. The van der Waals surface area contributed by atoms with Gasteiger partial charge in [0, 0.05) is 23.2 Å². The molecule has 0 aliphatic rings. The Morgan fingerprint density at radius 2 is 2.10 bits per heavy atom. The smallest absolute Gasteiger partial charge is 0.379 e. The highest BCUT2D eigenvalue weighted by atomic mass is 16.5. The molecule has 1 aromatic carbocycles. The Morgan fingerprint density at radius 3 is 2.76 bits per heavy atom. The maximum absolute atomic E-state index is 11.9. The monoisotopic (exact) mass is 287 g/mol. The number of nitrogens with one attached hydrogen (secondary N) is 1. The van der Waals surface area contributed by atoms with E-state index < -0.39 is 11.8 Å². The number of hydrogen-bond acceptors (Lipinski definition) is 4. The lowest BCUT2D eigenvalue weighted by Crippen LogP contribution is -2.15. The fourth-order valence-electron chi connectivity index (χ4n) is 1.87. The summed E-state index contributed by atoms with van der Waals surface area (Å²) in [5, 5.41) is 0.667. The van der Waals surface area contributed by atoms with Crippen molar-refractivity contribution in [1.29, 1.82) is 0 Å². The summed E-state index contributed by atoms with van der Waals surface area (Å²) in [7, 11) is 1.19. The molecule has 2 aromatic rings. The normalized spacial score (nSPS) is 11.5. The lowest BCUT2D eigenvalue weighted by molar-refractivity contribution is -0.135. The zero-order valence-corrected chi connectivity index (χ0v) is 12.2. The van der Waals surface area contributed by atoms with E-state index in [0.717, 1.165) is 11.1 Å². The molecule has 0 amide bonds. The quantitative estimate of drug-likeness (QED) is 0.397. The fourth-order valence-corrected chi connectivity index (χ4v) is 1.87. The van der Waals surface area contributed by atoms with Gasteiger partial charge in [0.25, 0.3) is 5.78 Å². The molecule has 0 spiro atoms. The summed E-state index contributed by atoms with van der Waals surface area (Å²) >= 11 is 0. The van der Waals surface area contributed by atoms with Crippen LogP contribution in [0.4, 0.5) is 0 Å². The number of ether oxygens (including phenoxy) is 2. The van der Waals surface area contributed by atoms with Gasteiger partial charge in [-0.1, -0.05) is 6.08 Å². The average Bonchev–Trinajstić information content (AvgIpc) is 2.93. The lowest BCUT2D eigenvalue weighted by Gasteiger charge is -2.06. The highest BCUT2D eigenvalue weighted by Gasteiger charge is 2.20. The molecule has 1 N–H and O–H groups in total. The number of allylic oxidation sites excluding steroid dienone is 1. The zero-order chi connectivity index (χ0) is 15.4. The van der Waals surface area contributed by atoms with Crippen molar-refractivity contribution in [2.45, 2.75) is 13.8 Å². The number of esters is 1. The maximum atomic E-state index is 11.9. The fraction of sp³-hybridized carbons (Fsp3) is 0.250. The van der Waals surface area contributed by atoms with Gasteiger partial charge in [0.1, 0.15) is 12.4 Å². The maximum Gasteiger partial charge on any atom is 0.379 e. The standard InChI is InChI=1S/C16H17NO4/c1-4-10(2)9-21-11-5-6-12-13(8-17-14(12)7-11)15(18)16(19)20-3/h4-8,17H,9H2,1-3H3/b10-4+. The molecule has 0 saturated heterocycles. The van der Waals surface area contributed by atoms with E-state index in [1.54, 1.807) is 18.2 Å². The molecular weight excluding hydrogens is 270 g/mol. The number of H-pyrrole nitrogens is 1. The van der Waals surface area contributed by atoms with E-state index in [0.29, 0.717) is 23.3 Å². The molecule has 0 saturated carbocycles. The van der Waals surface area contributed by atoms with E-state index in [9.17, 15) is 9.59 Å². The molecule has 0 aliphatic heterocycles. The van der Waals surface area contributed by atoms with Crippen LogP contribution in [0.25, 0.3) is 10.9 Å². The molecule has 2 rings (SSSR count). The van der Waals surface area contributed by atoms with Gasteiger partial charge in [-0.25, -0.2) is 4.79 Å². The number of methoxy groups -OCH3 is 1. The van der Waals surface area contributed by atoms with Crippen LogP contribution in [0.1, 0.15) is 24.2 Å². The average molecular weight is 287 g/mol. The van der Waals surface area contributed by atoms with E-state index in [-0.39, 0.29) is 0 Å². The number of Topliss-reactive ketones (excluding diaryl/α,β-unsaturated/α-hetero) is 1. The number of ketones is 1. The summed E-state index contributed by atoms with van der Waals surface area (Å²) in [5.41, 5.74) is 2.16. The van der Waals surface area contributed by atoms with Crippen molar-refractivity contribution in [3.05, 3.63) is 41.6 Å². The molecular formula is C16H17NO4. The molecule has 0 radical (unpaired) electrons. The van der Waals surface area contributed by atoms with E-state index in [1.807, 2.05) is 19.9 Å². The second-order valence-corrected chi connectivity index (χ2v) is 4.65. The first kappa shape index (κ1) is 14.8. The molecule has 1 heterocycles. The second kappa shape index (κ2) is 6.26. The Bertz CT molecular complexity index is 712. The molecule has 0 atom stereocenters. The van der Waals surface area contributed by atoms with E-state index in [2.05, 4.69) is 9.72 Å². The molecule has 0 bridgehead atoms. The van der Waals surface area contributed by atoms with Crippen molar-refractivity contribution >= 4 is 22.7 Å². The van der Waals surface area contributed by atoms with Crippen LogP contribution >= 0.6 is 0 Å². The summed E-state index contributed by atoms with van der Waals surface area (Å²) in [5.74, 6) is -0.843. The SMILES string of the molecule is C/C=C(\C)COc1ccc2c(C(=O)C(=O)OC)c[nH]c2c1. The zero-order valence-electron chi connectivity index (χ0n) is 12.2. The molecule has 21 heavy (non-hydrogen) atoms. The first-order chi connectivity index (χ1) is 10.1.